The summed E-state index contributed by atoms with van der Waals surface area (Å²) in [6.45, 7) is 0.241. The lowest BCUT2D eigenvalue weighted by atomic mass is 10.3. The van der Waals surface area contributed by atoms with Gasteiger partial charge in [0, 0.05) is 29.4 Å². The summed E-state index contributed by atoms with van der Waals surface area (Å²) in [5, 5.41) is 8.56. The van der Waals surface area contributed by atoms with Crippen LogP contribution in [0.15, 0.2) is 54.6 Å². The van der Waals surface area contributed by atoms with Crippen molar-refractivity contribution in [2.75, 3.05) is 17.2 Å². The highest BCUT2D eigenvalue weighted by atomic mass is 35.5. The number of benzene rings is 2. The van der Waals surface area contributed by atoms with Crippen LogP contribution in [-0.2, 0) is 4.79 Å². The smallest absolute Gasteiger partial charge is 0.319 e. The Labute approximate surface area is 133 Å². The molecule has 22 heavy (non-hydrogen) atoms. The number of halogens is 1. The van der Waals surface area contributed by atoms with Gasteiger partial charge in [-0.05, 0) is 30.3 Å². The summed E-state index contributed by atoms with van der Waals surface area (Å²) in [6, 6.07) is 15.6. The first-order valence-electron chi connectivity index (χ1n) is 6.79. The van der Waals surface area contributed by atoms with E-state index in [9.17, 15) is 9.59 Å². The van der Waals surface area contributed by atoms with Crippen LogP contribution in [0.2, 0.25) is 5.02 Å². The summed E-state index contributed by atoms with van der Waals surface area (Å²) in [4.78, 5) is 23.4. The second-order valence-electron chi connectivity index (χ2n) is 4.56. The van der Waals surface area contributed by atoms with Crippen LogP contribution in [-0.4, -0.2) is 18.5 Å². The average Bonchev–Trinajstić information content (AvgIpc) is 2.48. The van der Waals surface area contributed by atoms with Crippen molar-refractivity contribution in [3.8, 4) is 0 Å². The molecule has 0 spiro atoms. The zero-order chi connectivity index (χ0) is 15.8. The molecule has 0 aromatic heterocycles. The molecule has 0 aliphatic heterocycles. The maximum atomic E-state index is 11.7. The largest absolute Gasteiger partial charge is 0.337 e. The highest BCUT2D eigenvalue weighted by molar-refractivity contribution is 6.30. The quantitative estimate of drug-likeness (QED) is 0.790. The van der Waals surface area contributed by atoms with Gasteiger partial charge in [-0.3, -0.25) is 4.79 Å². The van der Waals surface area contributed by atoms with Crippen LogP contribution in [0.25, 0.3) is 0 Å². The summed E-state index contributed by atoms with van der Waals surface area (Å²) in [5.41, 5.74) is 1.33. The maximum Gasteiger partial charge on any atom is 0.319 e. The van der Waals surface area contributed by atoms with Gasteiger partial charge in [-0.2, -0.15) is 0 Å². The van der Waals surface area contributed by atoms with Crippen molar-refractivity contribution in [2.45, 2.75) is 6.42 Å². The van der Waals surface area contributed by atoms with Crippen LogP contribution < -0.4 is 16.0 Å². The molecule has 2 aromatic carbocycles. The summed E-state index contributed by atoms with van der Waals surface area (Å²) in [6.07, 6.45) is 0.175. The molecule has 0 radical (unpaired) electrons. The van der Waals surface area contributed by atoms with E-state index >= 15 is 0 Å². The van der Waals surface area contributed by atoms with Gasteiger partial charge in [0.2, 0.25) is 5.91 Å². The van der Waals surface area contributed by atoms with E-state index in [-0.39, 0.29) is 24.9 Å². The Bertz CT molecular complexity index is 647. The molecule has 114 valence electrons. The molecule has 0 bridgehead atoms. The molecule has 0 saturated carbocycles. The predicted molar refractivity (Wildman–Crippen MR) is 88.2 cm³/mol. The number of para-hydroxylation sites is 1. The minimum absolute atomic E-state index is 0.175. The molecular weight excluding hydrogens is 302 g/mol. The molecule has 0 heterocycles. The van der Waals surface area contributed by atoms with Gasteiger partial charge in [0.25, 0.3) is 0 Å². The van der Waals surface area contributed by atoms with E-state index in [1.54, 1.807) is 36.4 Å². The van der Waals surface area contributed by atoms with E-state index in [4.69, 9.17) is 11.6 Å². The third-order valence-electron chi connectivity index (χ3n) is 2.78. The van der Waals surface area contributed by atoms with Gasteiger partial charge in [0.15, 0.2) is 0 Å². The number of anilines is 2. The Kier molecular flexibility index (Phi) is 5.80. The Morgan fingerprint density at radius 1 is 0.909 bits per heavy atom. The molecule has 0 fully saturated rings. The molecule has 0 atom stereocenters. The van der Waals surface area contributed by atoms with Crippen LogP contribution >= 0.6 is 11.6 Å². The van der Waals surface area contributed by atoms with Crippen LogP contribution in [0, 0.1) is 0 Å². The zero-order valence-electron chi connectivity index (χ0n) is 11.8. The molecule has 0 aliphatic rings. The van der Waals surface area contributed by atoms with Crippen LogP contribution in [0.1, 0.15) is 6.42 Å². The van der Waals surface area contributed by atoms with Gasteiger partial charge in [0.1, 0.15) is 0 Å². The summed E-state index contributed by atoms with van der Waals surface area (Å²) in [5.74, 6) is -0.192. The number of hydrogen-bond acceptors (Lipinski definition) is 2. The van der Waals surface area contributed by atoms with Crippen molar-refractivity contribution in [1.82, 2.24) is 5.32 Å². The molecule has 3 N–H and O–H groups in total. The highest BCUT2D eigenvalue weighted by Gasteiger charge is 2.05. The number of hydrogen-bond donors (Lipinski definition) is 3. The topological polar surface area (TPSA) is 70.2 Å². The molecule has 0 saturated heterocycles. The van der Waals surface area contributed by atoms with Crippen molar-refractivity contribution < 1.29 is 9.59 Å². The number of carbonyl (C=O) groups is 2. The monoisotopic (exact) mass is 317 g/mol. The summed E-state index contributed by atoms with van der Waals surface area (Å²) >= 11 is 5.83. The number of rotatable bonds is 5. The number of nitrogens with one attached hydrogen (secondary N) is 3. The van der Waals surface area contributed by atoms with E-state index < -0.39 is 0 Å². The van der Waals surface area contributed by atoms with Crippen molar-refractivity contribution in [3.05, 3.63) is 59.6 Å². The fraction of sp³-hybridized carbons (Fsp3) is 0.125. The highest BCUT2D eigenvalue weighted by Crippen LogP contribution is 2.14. The van der Waals surface area contributed by atoms with Crippen molar-refractivity contribution in [1.29, 1.82) is 0 Å². The van der Waals surface area contributed by atoms with E-state index in [0.717, 1.165) is 0 Å². The fourth-order valence-corrected chi connectivity index (χ4v) is 1.97. The Morgan fingerprint density at radius 2 is 1.64 bits per heavy atom. The van der Waals surface area contributed by atoms with Crippen molar-refractivity contribution in [2.24, 2.45) is 0 Å². The Morgan fingerprint density at radius 3 is 2.36 bits per heavy atom. The van der Waals surface area contributed by atoms with E-state index in [0.29, 0.717) is 16.4 Å². The van der Waals surface area contributed by atoms with Gasteiger partial charge < -0.3 is 16.0 Å². The molecule has 3 amide bonds. The maximum absolute atomic E-state index is 11.7. The molecular formula is C16H16ClN3O2. The van der Waals surface area contributed by atoms with Crippen molar-refractivity contribution >= 4 is 34.9 Å². The van der Waals surface area contributed by atoms with E-state index in [2.05, 4.69) is 16.0 Å². The second-order valence-corrected chi connectivity index (χ2v) is 4.99. The van der Waals surface area contributed by atoms with Gasteiger partial charge in [-0.25, -0.2) is 4.79 Å². The van der Waals surface area contributed by atoms with E-state index in [1.807, 2.05) is 18.2 Å². The number of amides is 3. The van der Waals surface area contributed by atoms with Gasteiger partial charge >= 0.3 is 6.03 Å². The Hall–Kier alpha value is -2.53. The fourth-order valence-electron chi connectivity index (χ4n) is 1.78. The molecule has 0 unspecified atom stereocenters. The first kappa shape index (κ1) is 15.9. The predicted octanol–water partition coefficient (Wildman–Crippen LogP) is 3.49. The lowest BCUT2D eigenvalue weighted by molar-refractivity contribution is -0.116. The van der Waals surface area contributed by atoms with Crippen LogP contribution in [0.3, 0.4) is 0 Å². The lowest BCUT2D eigenvalue weighted by Gasteiger charge is -2.08. The van der Waals surface area contributed by atoms with Crippen LogP contribution in [0.4, 0.5) is 16.2 Å². The van der Waals surface area contributed by atoms with Gasteiger partial charge in [0.05, 0.1) is 0 Å². The molecule has 0 aliphatic carbocycles. The van der Waals surface area contributed by atoms with E-state index in [1.165, 1.54) is 0 Å². The van der Waals surface area contributed by atoms with Crippen molar-refractivity contribution in [3.63, 3.8) is 0 Å². The number of carbonyl (C=O) groups excluding carboxylic acids is 2. The SMILES string of the molecule is O=C(CCNC(=O)Nc1ccccc1)Nc1cccc(Cl)c1. The third kappa shape index (κ3) is 5.46. The summed E-state index contributed by atoms with van der Waals surface area (Å²) in [7, 11) is 0. The second kappa shape index (κ2) is 8.05. The summed E-state index contributed by atoms with van der Waals surface area (Å²) < 4.78 is 0. The molecule has 2 rings (SSSR count). The Balaban J connectivity index is 1.69. The molecule has 2 aromatic rings. The first-order valence-corrected chi connectivity index (χ1v) is 7.16. The minimum atomic E-state index is -0.346. The third-order valence-corrected chi connectivity index (χ3v) is 3.01. The first-order chi connectivity index (χ1) is 10.6. The van der Waals surface area contributed by atoms with Gasteiger partial charge in [-0.15, -0.1) is 0 Å². The zero-order valence-corrected chi connectivity index (χ0v) is 12.6. The van der Waals surface area contributed by atoms with Crippen LogP contribution in [0.5, 0.6) is 0 Å². The average molecular weight is 318 g/mol. The molecule has 6 heteroatoms. The normalized spacial score (nSPS) is 9.86. The lowest BCUT2D eigenvalue weighted by Crippen LogP contribution is -2.31. The minimum Gasteiger partial charge on any atom is -0.337 e. The van der Waals surface area contributed by atoms with Gasteiger partial charge in [-0.1, -0.05) is 35.9 Å². The molecule has 5 nitrogen and oxygen atoms in total. The standard InChI is InChI=1S/C16H16ClN3O2/c17-12-5-4-8-14(11-12)19-15(21)9-10-18-16(22)20-13-6-2-1-3-7-13/h1-8,11H,9-10H2,(H,19,21)(H2,18,20,22). The number of urea groups is 1.